The maximum absolute atomic E-state index is 13.1. The molecule has 0 spiro atoms. The quantitative estimate of drug-likeness (QED) is 0.638. The predicted molar refractivity (Wildman–Crippen MR) is 119 cm³/mol. The van der Waals surface area contributed by atoms with Crippen molar-refractivity contribution >= 4 is 26.8 Å². The lowest BCUT2D eigenvalue weighted by molar-refractivity contribution is -0.126. The zero-order chi connectivity index (χ0) is 22.0. The Morgan fingerprint density at radius 1 is 1.10 bits per heavy atom. The fourth-order valence-corrected chi connectivity index (χ4v) is 5.51. The monoisotopic (exact) mass is 441 g/mol. The van der Waals surface area contributed by atoms with Crippen LogP contribution in [0, 0.1) is 5.92 Å². The van der Waals surface area contributed by atoms with Gasteiger partial charge in [0.1, 0.15) is 5.75 Å². The van der Waals surface area contributed by atoms with Crippen molar-refractivity contribution < 1.29 is 17.9 Å². The molecule has 1 fully saturated rings. The van der Waals surface area contributed by atoms with E-state index in [9.17, 15) is 13.2 Å². The summed E-state index contributed by atoms with van der Waals surface area (Å²) in [6.07, 6.45) is 2.94. The molecule has 0 unspecified atom stereocenters. The van der Waals surface area contributed by atoms with E-state index in [0.717, 1.165) is 22.2 Å². The average Bonchev–Trinajstić information content (AvgIpc) is 3.18. The van der Waals surface area contributed by atoms with E-state index in [1.807, 2.05) is 54.2 Å². The summed E-state index contributed by atoms with van der Waals surface area (Å²) in [5, 5.41) is 3.86. The molecule has 2 aromatic carbocycles. The lowest BCUT2D eigenvalue weighted by Crippen LogP contribution is -2.42. The molecule has 7 nitrogen and oxygen atoms in total. The third kappa shape index (κ3) is 4.45. The van der Waals surface area contributed by atoms with Crippen LogP contribution in [-0.4, -0.2) is 43.4 Å². The van der Waals surface area contributed by atoms with Crippen LogP contribution in [0.3, 0.4) is 0 Å². The van der Waals surface area contributed by atoms with Crippen molar-refractivity contribution in [3.05, 3.63) is 60.3 Å². The number of nitrogens with one attached hydrogen (secondary N) is 1. The summed E-state index contributed by atoms with van der Waals surface area (Å²) in [6, 6.07) is 14.7. The number of piperidine rings is 1. The number of sulfonamides is 1. The first-order valence-corrected chi connectivity index (χ1v) is 11.8. The van der Waals surface area contributed by atoms with Crippen LogP contribution >= 0.6 is 0 Å². The van der Waals surface area contributed by atoms with E-state index < -0.39 is 10.0 Å². The van der Waals surface area contributed by atoms with Gasteiger partial charge in [0.15, 0.2) is 0 Å². The van der Waals surface area contributed by atoms with Crippen molar-refractivity contribution in [3.8, 4) is 5.75 Å². The Morgan fingerprint density at radius 3 is 2.48 bits per heavy atom. The van der Waals surface area contributed by atoms with Crippen molar-refractivity contribution in [2.24, 2.45) is 13.0 Å². The summed E-state index contributed by atoms with van der Waals surface area (Å²) >= 11 is 0. The number of hydrogen-bond acceptors (Lipinski definition) is 4. The summed E-state index contributed by atoms with van der Waals surface area (Å²) in [7, 11) is -0.0288. The maximum Gasteiger partial charge on any atom is 0.243 e. The number of amides is 1. The van der Waals surface area contributed by atoms with Crippen LogP contribution < -0.4 is 10.1 Å². The molecule has 1 aliphatic rings. The van der Waals surface area contributed by atoms with Crippen LogP contribution in [0.4, 0.5) is 0 Å². The molecule has 1 amide bonds. The highest BCUT2D eigenvalue weighted by Crippen LogP contribution is 2.26. The van der Waals surface area contributed by atoms with E-state index in [2.05, 4.69) is 5.32 Å². The molecule has 8 heteroatoms. The molecule has 1 saturated heterocycles. The van der Waals surface area contributed by atoms with Gasteiger partial charge in [0.25, 0.3) is 0 Å². The normalized spacial score (nSPS) is 15.8. The first-order valence-electron chi connectivity index (χ1n) is 10.3. The smallest absolute Gasteiger partial charge is 0.243 e. The van der Waals surface area contributed by atoms with Crippen molar-refractivity contribution in [2.45, 2.75) is 24.3 Å². The second kappa shape index (κ2) is 8.72. The van der Waals surface area contributed by atoms with Gasteiger partial charge in [-0.15, -0.1) is 0 Å². The minimum absolute atomic E-state index is 0.0291. The van der Waals surface area contributed by atoms with Crippen LogP contribution in [0.2, 0.25) is 0 Å². The van der Waals surface area contributed by atoms with E-state index >= 15 is 0 Å². The minimum Gasteiger partial charge on any atom is -0.497 e. The van der Waals surface area contributed by atoms with E-state index in [1.165, 1.54) is 4.31 Å². The number of rotatable bonds is 6. The summed E-state index contributed by atoms with van der Waals surface area (Å²) in [6.45, 7) is 1.13. The van der Waals surface area contributed by atoms with Gasteiger partial charge in [0.05, 0.1) is 12.0 Å². The molecule has 164 valence electrons. The third-order valence-corrected chi connectivity index (χ3v) is 7.84. The van der Waals surface area contributed by atoms with Crippen molar-refractivity contribution in [1.82, 2.24) is 14.2 Å². The zero-order valence-corrected chi connectivity index (χ0v) is 18.6. The third-order valence-electron chi connectivity index (χ3n) is 5.94. The number of aromatic nitrogens is 1. The second-order valence-electron chi connectivity index (χ2n) is 7.89. The molecule has 3 aromatic rings. The van der Waals surface area contributed by atoms with Gasteiger partial charge >= 0.3 is 0 Å². The second-order valence-corrected chi connectivity index (χ2v) is 9.83. The molecule has 4 rings (SSSR count). The van der Waals surface area contributed by atoms with Gasteiger partial charge in [0, 0.05) is 49.7 Å². The molecule has 1 N–H and O–H groups in total. The zero-order valence-electron chi connectivity index (χ0n) is 17.7. The number of methoxy groups -OCH3 is 1. The molecule has 1 aliphatic heterocycles. The summed E-state index contributed by atoms with van der Waals surface area (Å²) in [4.78, 5) is 12.9. The fourth-order valence-electron chi connectivity index (χ4n) is 4.00. The molecule has 0 bridgehead atoms. The molecule has 31 heavy (non-hydrogen) atoms. The topological polar surface area (TPSA) is 80.6 Å². The highest BCUT2D eigenvalue weighted by atomic mass is 32.2. The van der Waals surface area contributed by atoms with Crippen LogP contribution in [0.25, 0.3) is 10.9 Å². The Labute approximate surface area is 182 Å². The van der Waals surface area contributed by atoms with Gasteiger partial charge in [0.2, 0.25) is 15.9 Å². The largest absolute Gasteiger partial charge is 0.497 e. The van der Waals surface area contributed by atoms with E-state index in [-0.39, 0.29) is 11.8 Å². The predicted octanol–water partition coefficient (Wildman–Crippen LogP) is 2.90. The molecule has 0 atom stereocenters. The van der Waals surface area contributed by atoms with Crippen LogP contribution in [-0.2, 0) is 28.4 Å². The van der Waals surface area contributed by atoms with Crippen LogP contribution in [0.5, 0.6) is 5.75 Å². The van der Waals surface area contributed by atoms with Gasteiger partial charge in [-0.1, -0.05) is 12.1 Å². The number of nitrogens with zero attached hydrogens (tertiary/aromatic N) is 2. The molecule has 1 aromatic heterocycles. The first kappa shape index (κ1) is 21.4. The fraction of sp³-hybridized carbons (Fsp3) is 0.348. The number of ether oxygens (including phenoxy) is 1. The molecule has 2 heterocycles. The Hall–Kier alpha value is -2.84. The SMILES string of the molecule is COc1ccc(CNC(=O)C2CCN(S(=O)(=O)c3ccc4c(ccn4C)c3)CC2)cc1. The van der Waals surface area contributed by atoms with Crippen LogP contribution in [0.15, 0.2) is 59.6 Å². The highest BCUT2D eigenvalue weighted by Gasteiger charge is 2.32. The number of hydrogen-bond donors (Lipinski definition) is 1. The van der Waals surface area contributed by atoms with Gasteiger partial charge < -0.3 is 14.6 Å². The van der Waals surface area contributed by atoms with Crippen LogP contribution in [0.1, 0.15) is 18.4 Å². The number of aryl methyl sites for hydroxylation is 1. The molecular weight excluding hydrogens is 414 g/mol. The van der Waals surface area contributed by atoms with Crippen molar-refractivity contribution in [3.63, 3.8) is 0 Å². The Bertz CT molecular complexity index is 1180. The molecule has 0 saturated carbocycles. The molecule has 0 radical (unpaired) electrons. The minimum atomic E-state index is -3.57. The Balaban J connectivity index is 1.34. The first-order chi connectivity index (χ1) is 14.9. The van der Waals surface area contributed by atoms with E-state index in [4.69, 9.17) is 4.74 Å². The van der Waals surface area contributed by atoms with Crippen molar-refractivity contribution in [1.29, 1.82) is 0 Å². The standard InChI is InChI=1S/C23H27N3O4S/c1-25-12-9-19-15-21(7-8-22(19)25)31(28,29)26-13-10-18(11-14-26)23(27)24-16-17-3-5-20(30-2)6-4-17/h3-9,12,15,18H,10-11,13-14,16H2,1-2H3,(H,24,27). The summed E-state index contributed by atoms with van der Waals surface area (Å²) < 4.78 is 34.8. The van der Waals surface area contributed by atoms with E-state index in [1.54, 1.807) is 19.2 Å². The molecule has 0 aliphatic carbocycles. The maximum atomic E-state index is 13.1. The van der Waals surface area contributed by atoms with Gasteiger partial charge in [-0.2, -0.15) is 4.31 Å². The Morgan fingerprint density at radius 2 is 1.81 bits per heavy atom. The number of benzene rings is 2. The lowest BCUT2D eigenvalue weighted by atomic mass is 9.97. The average molecular weight is 442 g/mol. The summed E-state index contributed by atoms with van der Waals surface area (Å²) in [5.41, 5.74) is 1.98. The number of fused-ring (bicyclic) bond motifs is 1. The van der Waals surface area contributed by atoms with E-state index in [0.29, 0.717) is 37.4 Å². The lowest BCUT2D eigenvalue weighted by Gasteiger charge is -2.30. The Kier molecular flexibility index (Phi) is 6.02. The van der Waals surface area contributed by atoms with Gasteiger partial charge in [-0.3, -0.25) is 4.79 Å². The molecular formula is C23H27N3O4S. The highest BCUT2D eigenvalue weighted by molar-refractivity contribution is 7.89. The van der Waals surface area contributed by atoms with Crippen molar-refractivity contribution in [2.75, 3.05) is 20.2 Å². The summed E-state index contributed by atoms with van der Waals surface area (Å²) in [5.74, 6) is 0.565. The number of carbonyl (C=O) groups is 1. The van der Waals surface area contributed by atoms with Gasteiger partial charge in [-0.05, 0) is 54.8 Å². The number of carbonyl (C=O) groups excluding carboxylic acids is 1. The van der Waals surface area contributed by atoms with Gasteiger partial charge in [-0.25, -0.2) is 8.42 Å².